The summed E-state index contributed by atoms with van der Waals surface area (Å²) in [6.45, 7) is 7.23. The van der Waals surface area contributed by atoms with Crippen molar-refractivity contribution in [3.63, 3.8) is 0 Å². The van der Waals surface area contributed by atoms with E-state index in [1.54, 1.807) is 0 Å². The van der Waals surface area contributed by atoms with Crippen molar-refractivity contribution in [2.45, 2.75) is 39.5 Å². The second-order valence-corrected chi connectivity index (χ2v) is 6.16. The Balaban J connectivity index is 1.69. The Bertz CT molecular complexity index is 427. The van der Waals surface area contributed by atoms with Crippen LogP contribution >= 0.6 is 0 Å². The van der Waals surface area contributed by atoms with Gasteiger partial charge in [-0.3, -0.25) is 9.78 Å². The van der Waals surface area contributed by atoms with E-state index in [9.17, 15) is 4.79 Å². The van der Waals surface area contributed by atoms with Gasteiger partial charge in [0.05, 0.1) is 0 Å². The van der Waals surface area contributed by atoms with Gasteiger partial charge in [-0.1, -0.05) is 20.3 Å². The number of piperidine rings is 1. The highest BCUT2D eigenvalue weighted by Crippen LogP contribution is 2.22. The number of anilines is 1. The van der Waals surface area contributed by atoms with Crippen LogP contribution in [0.2, 0.25) is 0 Å². The van der Waals surface area contributed by atoms with E-state index in [-0.39, 0.29) is 5.91 Å². The molecule has 0 aromatic carbocycles. The molecular formula is C17H27N3O. The van der Waals surface area contributed by atoms with Crippen molar-refractivity contribution in [1.82, 2.24) is 10.3 Å². The zero-order valence-corrected chi connectivity index (χ0v) is 13.2. The van der Waals surface area contributed by atoms with Crippen LogP contribution < -0.4 is 10.2 Å². The molecule has 1 aromatic rings. The lowest BCUT2D eigenvalue weighted by Crippen LogP contribution is -2.38. The first kappa shape index (κ1) is 15.8. The van der Waals surface area contributed by atoms with E-state index in [0.29, 0.717) is 18.3 Å². The van der Waals surface area contributed by atoms with Crippen molar-refractivity contribution >= 4 is 11.6 Å². The molecule has 4 nitrogen and oxygen atoms in total. The molecule has 0 saturated carbocycles. The summed E-state index contributed by atoms with van der Waals surface area (Å²) in [5.74, 6) is 1.31. The maximum atomic E-state index is 11.8. The van der Waals surface area contributed by atoms with Crippen molar-refractivity contribution in [2.75, 3.05) is 24.5 Å². The molecule has 0 spiro atoms. The molecular weight excluding hydrogens is 262 g/mol. The summed E-state index contributed by atoms with van der Waals surface area (Å²) >= 11 is 0. The van der Waals surface area contributed by atoms with Crippen LogP contribution in [0.3, 0.4) is 0 Å². The number of rotatable bonds is 6. The van der Waals surface area contributed by atoms with Crippen molar-refractivity contribution < 1.29 is 4.79 Å². The van der Waals surface area contributed by atoms with E-state index in [2.05, 4.69) is 41.2 Å². The highest BCUT2D eigenvalue weighted by molar-refractivity contribution is 5.76. The third kappa shape index (κ3) is 5.03. The molecule has 0 radical (unpaired) electrons. The third-order valence-electron chi connectivity index (χ3n) is 4.46. The van der Waals surface area contributed by atoms with Crippen molar-refractivity contribution in [1.29, 1.82) is 0 Å². The molecule has 1 N–H and O–H groups in total. The molecule has 2 heterocycles. The van der Waals surface area contributed by atoms with Gasteiger partial charge in [0.2, 0.25) is 5.91 Å². The van der Waals surface area contributed by atoms with E-state index >= 15 is 0 Å². The Morgan fingerprint density at radius 1 is 1.38 bits per heavy atom. The van der Waals surface area contributed by atoms with Crippen LogP contribution in [0.1, 0.15) is 39.5 Å². The summed E-state index contributed by atoms with van der Waals surface area (Å²) in [4.78, 5) is 18.3. The highest BCUT2D eigenvalue weighted by Gasteiger charge is 2.20. The van der Waals surface area contributed by atoms with Crippen molar-refractivity contribution in [2.24, 2.45) is 11.8 Å². The van der Waals surface area contributed by atoms with Crippen LogP contribution in [0.5, 0.6) is 0 Å². The summed E-state index contributed by atoms with van der Waals surface area (Å²) in [7, 11) is 0. The SMILES string of the molecule is CC[C@@H](C)CC(=O)NCC1CCN(c2ccncc2)CC1. The fraction of sp³-hybridized carbons (Fsp3) is 0.647. The van der Waals surface area contributed by atoms with Gasteiger partial charge in [0, 0.05) is 44.1 Å². The van der Waals surface area contributed by atoms with Crippen LogP contribution in [0, 0.1) is 11.8 Å². The van der Waals surface area contributed by atoms with E-state index < -0.39 is 0 Å². The van der Waals surface area contributed by atoms with Gasteiger partial charge >= 0.3 is 0 Å². The summed E-state index contributed by atoms with van der Waals surface area (Å²) in [6, 6.07) is 4.13. The van der Waals surface area contributed by atoms with Gasteiger partial charge in [-0.25, -0.2) is 0 Å². The zero-order chi connectivity index (χ0) is 15.1. The second-order valence-electron chi connectivity index (χ2n) is 6.16. The Hall–Kier alpha value is -1.58. The maximum Gasteiger partial charge on any atom is 0.220 e. The van der Waals surface area contributed by atoms with Gasteiger partial charge < -0.3 is 10.2 Å². The van der Waals surface area contributed by atoms with Crippen LogP contribution in [0.4, 0.5) is 5.69 Å². The summed E-state index contributed by atoms with van der Waals surface area (Å²) in [5, 5.41) is 3.10. The molecule has 4 heteroatoms. The minimum Gasteiger partial charge on any atom is -0.371 e. The summed E-state index contributed by atoms with van der Waals surface area (Å²) < 4.78 is 0. The number of pyridine rings is 1. The molecule has 21 heavy (non-hydrogen) atoms. The normalized spacial score (nSPS) is 17.5. The third-order valence-corrected chi connectivity index (χ3v) is 4.46. The number of carbonyl (C=O) groups is 1. The van der Waals surface area contributed by atoms with Crippen LogP contribution in [0.25, 0.3) is 0 Å². The lowest BCUT2D eigenvalue weighted by atomic mass is 9.96. The topological polar surface area (TPSA) is 45.2 Å². The monoisotopic (exact) mass is 289 g/mol. The first-order valence-corrected chi connectivity index (χ1v) is 8.10. The molecule has 1 aliphatic rings. The molecule has 1 atom stereocenters. The fourth-order valence-electron chi connectivity index (χ4n) is 2.74. The van der Waals surface area contributed by atoms with Gasteiger partial charge in [-0.05, 0) is 36.8 Å². The Labute approximate surface area is 127 Å². The van der Waals surface area contributed by atoms with Crippen molar-refractivity contribution in [3.8, 4) is 0 Å². The highest BCUT2D eigenvalue weighted by atomic mass is 16.1. The van der Waals surface area contributed by atoms with Gasteiger partial charge in [0.1, 0.15) is 0 Å². The van der Waals surface area contributed by atoms with Crippen LogP contribution in [-0.2, 0) is 4.79 Å². The lowest BCUT2D eigenvalue weighted by molar-refractivity contribution is -0.122. The molecule has 0 unspecified atom stereocenters. The minimum atomic E-state index is 0.209. The van der Waals surface area contributed by atoms with Gasteiger partial charge in [-0.15, -0.1) is 0 Å². The van der Waals surface area contributed by atoms with E-state index in [1.165, 1.54) is 5.69 Å². The molecule has 1 fully saturated rings. The number of carbonyl (C=O) groups excluding carboxylic acids is 1. The largest absolute Gasteiger partial charge is 0.371 e. The zero-order valence-electron chi connectivity index (χ0n) is 13.2. The Morgan fingerprint density at radius 3 is 2.67 bits per heavy atom. The number of aromatic nitrogens is 1. The lowest BCUT2D eigenvalue weighted by Gasteiger charge is -2.33. The number of hydrogen-bond donors (Lipinski definition) is 1. The van der Waals surface area contributed by atoms with E-state index in [4.69, 9.17) is 0 Å². The molecule has 1 saturated heterocycles. The Morgan fingerprint density at radius 2 is 2.05 bits per heavy atom. The average Bonchev–Trinajstić information content (AvgIpc) is 2.54. The maximum absolute atomic E-state index is 11.8. The van der Waals surface area contributed by atoms with Gasteiger partial charge in [0.15, 0.2) is 0 Å². The minimum absolute atomic E-state index is 0.209. The molecule has 0 aliphatic carbocycles. The summed E-state index contributed by atoms with van der Waals surface area (Å²) in [6.07, 6.45) is 7.70. The van der Waals surface area contributed by atoms with Gasteiger partial charge in [-0.2, -0.15) is 0 Å². The predicted molar refractivity (Wildman–Crippen MR) is 86.3 cm³/mol. The number of amides is 1. The molecule has 1 aromatic heterocycles. The average molecular weight is 289 g/mol. The first-order chi connectivity index (χ1) is 10.2. The fourth-order valence-corrected chi connectivity index (χ4v) is 2.74. The summed E-state index contributed by atoms with van der Waals surface area (Å²) in [5.41, 5.74) is 1.25. The number of nitrogens with zero attached hydrogens (tertiary/aromatic N) is 2. The molecule has 1 aliphatic heterocycles. The number of nitrogens with one attached hydrogen (secondary N) is 1. The quantitative estimate of drug-likeness (QED) is 0.876. The van der Waals surface area contributed by atoms with Crippen molar-refractivity contribution in [3.05, 3.63) is 24.5 Å². The Kier molecular flexibility index (Phi) is 6.03. The number of hydrogen-bond acceptors (Lipinski definition) is 3. The second kappa shape index (κ2) is 8.01. The van der Waals surface area contributed by atoms with Gasteiger partial charge in [0.25, 0.3) is 0 Å². The van der Waals surface area contributed by atoms with E-state index in [0.717, 1.165) is 38.9 Å². The van der Waals surface area contributed by atoms with Crippen LogP contribution in [-0.4, -0.2) is 30.5 Å². The van der Waals surface area contributed by atoms with Crippen LogP contribution in [0.15, 0.2) is 24.5 Å². The first-order valence-electron chi connectivity index (χ1n) is 8.10. The molecule has 0 bridgehead atoms. The smallest absolute Gasteiger partial charge is 0.220 e. The standard InChI is InChI=1S/C17H27N3O/c1-3-14(2)12-17(21)19-13-15-6-10-20(11-7-15)16-4-8-18-9-5-16/h4-5,8-9,14-15H,3,6-7,10-13H2,1-2H3,(H,19,21)/t14-/m1/s1. The van der Waals surface area contributed by atoms with E-state index in [1.807, 2.05) is 12.4 Å². The predicted octanol–water partition coefficient (Wildman–Crippen LogP) is 2.85. The molecule has 116 valence electrons. The molecule has 2 rings (SSSR count). The molecule has 1 amide bonds.